The largest absolute Gasteiger partial charge is 0.352 e. The van der Waals surface area contributed by atoms with Crippen LogP contribution < -0.4 is 5.32 Å². The summed E-state index contributed by atoms with van der Waals surface area (Å²) in [6, 6.07) is 9.94. The lowest BCUT2D eigenvalue weighted by Gasteiger charge is -2.17. The van der Waals surface area contributed by atoms with Gasteiger partial charge in [0.25, 0.3) is 0 Å². The molecule has 1 aromatic carbocycles. The average Bonchev–Trinajstić information content (AvgIpc) is 2.65. The highest BCUT2D eigenvalue weighted by Gasteiger charge is 2.27. The van der Waals surface area contributed by atoms with Crippen molar-refractivity contribution in [3.05, 3.63) is 35.9 Å². The third-order valence-electron chi connectivity index (χ3n) is 2.50. The van der Waals surface area contributed by atoms with E-state index in [1.807, 2.05) is 30.3 Å². The Kier molecular flexibility index (Phi) is 2.73. The van der Waals surface area contributed by atoms with Crippen LogP contribution in [-0.2, 0) is 4.79 Å². The highest BCUT2D eigenvalue weighted by atomic mass is 35.5. The molecule has 1 saturated heterocycles. The lowest BCUT2D eigenvalue weighted by molar-refractivity contribution is -0.119. The van der Waals surface area contributed by atoms with Gasteiger partial charge in [-0.3, -0.25) is 4.79 Å². The molecule has 14 heavy (non-hydrogen) atoms. The number of carbonyl (C=O) groups excluding carboxylic acids is 1. The molecule has 1 N–H and O–H groups in total. The lowest BCUT2D eigenvalue weighted by atomic mass is 10.0. The third-order valence-corrected chi connectivity index (χ3v) is 3.06. The van der Waals surface area contributed by atoms with E-state index < -0.39 is 0 Å². The normalized spacial score (nSPS) is 23.2. The molecule has 0 bridgehead atoms. The molecule has 0 spiro atoms. The van der Waals surface area contributed by atoms with Crippen molar-refractivity contribution in [3.63, 3.8) is 0 Å². The highest BCUT2D eigenvalue weighted by molar-refractivity contribution is 6.21. The van der Waals surface area contributed by atoms with E-state index in [0.717, 1.165) is 12.0 Å². The van der Waals surface area contributed by atoms with Crippen molar-refractivity contribution in [1.82, 2.24) is 5.32 Å². The summed E-state index contributed by atoms with van der Waals surface area (Å²) in [5.74, 6) is 0.108. The van der Waals surface area contributed by atoms with Crippen molar-refractivity contribution in [2.75, 3.05) is 0 Å². The fourth-order valence-corrected chi connectivity index (χ4v) is 2.06. The Bertz CT molecular complexity index is 325. The monoisotopic (exact) mass is 209 g/mol. The van der Waals surface area contributed by atoms with E-state index in [4.69, 9.17) is 11.6 Å². The molecule has 1 amide bonds. The highest BCUT2D eigenvalue weighted by Crippen LogP contribution is 2.28. The number of hydrogen-bond donors (Lipinski definition) is 1. The number of halogens is 1. The molecule has 1 aromatic rings. The van der Waals surface area contributed by atoms with Gasteiger partial charge < -0.3 is 5.32 Å². The summed E-state index contributed by atoms with van der Waals surface area (Å²) in [4.78, 5) is 11.0. The zero-order chi connectivity index (χ0) is 9.97. The summed E-state index contributed by atoms with van der Waals surface area (Å²) < 4.78 is 0. The summed E-state index contributed by atoms with van der Waals surface area (Å²) in [6.45, 7) is 0. The maximum atomic E-state index is 11.0. The smallest absolute Gasteiger partial charge is 0.220 e. The predicted octanol–water partition coefficient (Wildman–Crippen LogP) is 2.25. The maximum Gasteiger partial charge on any atom is 0.220 e. The predicted molar refractivity (Wildman–Crippen MR) is 56.2 cm³/mol. The summed E-state index contributed by atoms with van der Waals surface area (Å²) in [5, 5.41) is 2.77. The second-order valence-electron chi connectivity index (χ2n) is 3.53. The van der Waals surface area contributed by atoms with Crippen molar-refractivity contribution in [3.8, 4) is 0 Å². The van der Waals surface area contributed by atoms with Crippen LogP contribution in [0.5, 0.6) is 0 Å². The fraction of sp³-hybridized carbons (Fsp3) is 0.364. The quantitative estimate of drug-likeness (QED) is 0.744. The molecule has 2 nitrogen and oxygen atoms in total. The van der Waals surface area contributed by atoms with Gasteiger partial charge in [0.05, 0.1) is 5.38 Å². The van der Waals surface area contributed by atoms with Crippen LogP contribution in [0.25, 0.3) is 0 Å². The molecule has 74 valence electrons. The zero-order valence-corrected chi connectivity index (χ0v) is 8.50. The number of alkyl halides is 1. The van der Waals surface area contributed by atoms with Gasteiger partial charge in [0.1, 0.15) is 0 Å². The topological polar surface area (TPSA) is 29.1 Å². The van der Waals surface area contributed by atoms with Gasteiger partial charge in [-0.1, -0.05) is 30.3 Å². The van der Waals surface area contributed by atoms with E-state index in [9.17, 15) is 4.79 Å². The Morgan fingerprint density at radius 1 is 1.36 bits per heavy atom. The molecular formula is C11H12ClNO. The van der Waals surface area contributed by atoms with Crippen LogP contribution in [0.1, 0.15) is 23.8 Å². The molecule has 0 aliphatic carbocycles. The first-order chi connectivity index (χ1) is 6.77. The molecule has 1 aliphatic heterocycles. The van der Waals surface area contributed by atoms with Gasteiger partial charge in [-0.2, -0.15) is 0 Å². The van der Waals surface area contributed by atoms with Crippen LogP contribution in [0.15, 0.2) is 30.3 Å². The average molecular weight is 210 g/mol. The fourth-order valence-electron chi connectivity index (χ4n) is 1.73. The number of rotatable bonds is 2. The number of nitrogens with one attached hydrogen (secondary N) is 1. The molecule has 2 atom stereocenters. The van der Waals surface area contributed by atoms with Gasteiger partial charge >= 0.3 is 0 Å². The van der Waals surface area contributed by atoms with Gasteiger partial charge in [-0.15, -0.1) is 11.6 Å². The summed E-state index contributed by atoms with van der Waals surface area (Å²) >= 11 is 6.26. The van der Waals surface area contributed by atoms with E-state index in [0.29, 0.717) is 6.42 Å². The van der Waals surface area contributed by atoms with Crippen LogP contribution in [-0.4, -0.2) is 11.9 Å². The Hall–Kier alpha value is -1.02. The Morgan fingerprint density at radius 3 is 2.64 bits per heavy atom. The second kappa shape index (κ2) is 4.01. The summed E-state index contributed by atoms with van der Waals surface area (Å²) in [5.41, 5.74) is 1.07. The first kappa shape index (κ1) is 9.53. The minimum atomic E-state index is -0.109. The summed E-state index contributed by atoms with van der Waals surface area (Å²) in [6.07, 6.45) is 1.43. The first-order valence-corrected chi connectivity index (χ1v) is 5.19. The Labute approximate surface area is 88.3 Å². The molecule has 0 aromatic heterocycles. The van der Waals surface area contributed by atoms with Crippen molar-refractivity contribution >= 4 is 17.5 Å². The van der Waals surface area contributed by atoms with Gasteiger partial charge in [0, 0.05) is 12.5 Å². The molecule has 0 saturated carbocycles. The van der Waals surface area contributed by atoms with E-state index >= 15 is 0 Å². The van der Waals surface area contributed by atoms with Crippen LogP contribution in [0.2, 0.25) is 0 Å². The number of hydrogen-bond acceptors (Lipinski definition) is 1. The van der Waals surface area contributed by atoms with E-state index in [1.165, 1.54) is 0 Å². The van der Waals surface area contributed by atoms with Crippen molar-refractivity contribution in [1.29, 1.82) is 0 Å². The summed E-state index contributed by atoms with van der Waals surface area (Å²) in [7, 11) is 0. The maximum absolute atomic E-state index is 11.0. The second-order valence-corrected chi connectivity index (χ2v) is 4.00. The van der Waals surface area contributed by atoms with Crippen LogP contribution in [0.3, 0.4) is 0 Å². The SMILES string of the molecule is O=C1CCC(C(Cl)c2ccccc2)N1. The molecule has 1 fully saturated rings. The van der Waals surface area contributed by atoms with Crippen LogP contribution in [0.4, 0.5) is 0 Å². The number of amides is 1. The van der Waals surface area contributed by atoms with Crippen molar-refractivity contribution in [2.24, 2.45) is 0 Å². The standard InChI is InChI=1S/C11H12ClNO/c12-11(8-4-2-1-3-5-8)9-6-7-10(14)13-9/h1-5,9,11H,6-7H2,(H,13,14). The molecular weight excluding hydrogens is 198 g/mol. The molecule has 3 heteroatoms. The number of carbonyl (C=O) groups is 1. The number of benzene rings is 1. The molecule has 2 rings (SSSR count). The zero-order valence-electron chi connectivity index (χ0n) is 7.74. The molecule has 1 aliphatic rings. The van der Waals surface area contributed by atoms with Gasteiger partial charge in [-0.05, 0) is 12.0 Å². The molecule has 0 radical (unpaired) electrons. The van der Waals surface area contributed by atoms with E-state index in [1.54, 1.807) is 0 Å². The van der Waals surface area contributed by atoms with Gasteiger partial charge in [0.15, 0.2) is 0 Å². The minimum absolute atomic E-state index is 0.0894. The van der Waals surface area contributed by atoms with Crippen molar-refractivity contribution in [2.45, 2.75) is 24.3 Å². The van der Waals surface area contributed by atoms with E-state index in [-0.39, 0.29) is 17.3 Å². The van der Waals surface area contributed by atoms with E-state index in [2.05, 4.69) is 5.32 Å². The lowest BCUT2D eigenvalue weighted by Crippen LogP contribution is -2.28. The Balaban J connectivity index is 2.09. The van der Waals surface area contributed by atoms with Crippen molar-refractivity contribution < 1.29 is 4.79 Å². The van der Waals surface area contributed by atoms with Gasteiger partial charge in [0.2, 0.25) is 5.91 Å². The minimum Gasteiger partial charge on any atom is -0.352 e. The van der Waals surface area contributed by atoms with Gasteiger partial charge in [-0.25, -0.2) is 0 Å². The first-order valence-electron chi connectivity index (χ1n) is 4.76. The van der Waals surface area contributed by atoms with Crippen LogP contribution >= 0.6 is 11.6 Å². The third kappa shape index (κ3) is 1.90. The molecule has 2 unspecified atom stereocenters. The molecule has 1 heterocycles. The van der Waals surface area contributed by atoms with Crippen LogP contribution in [0, 0.1) is 0 Å². The Morgan fingerprint density at radius 2 is 2.07 bits per heavy atom.